The molecule has 0 radical (unpaired) electrons. The number of likely N-dealkylation sites (N-methyl/N-ethyl adjacent to an activating group) is 1. The van der Waals surface area contributed by atoms with E-state index < -0.39 is 6.04 Å². The van der Waals surface area contributed by atoms with E-state index in [0.717, 1.165) is 23.5 Å². The maximum Gasteiger partial charge on any atom is 0.255 e. The molecule has 1 aliphatic heterocycles. The average molecular weight is 340 g/mol. The van der Waals surface area contributed by atoms with E-state index in [1.54, 1.807) is 18.0 Å². The molecule has 2 amide bonds. The highest BCUT2D eigenvalue weighted by Gasteiger charge is 2.35. The lowest BCUT2D eigenvalue weighted by Gasteiger charge is -2.26. The molecule has 3 rings (SSSR count). The smallest absolute Gasteiger partial charge is 0.255 e. The van der Waals surface area contributed by atoms with Crippen molar-refractivity contribution in [2.24, 2.45) is 5.92 Å². The Morgan fingerprint density at radius 1 is 1.40 bits per heavy atom. The molecule has 25 heavy (non-hydrogen) atoms. The molecule has 1 atom stereocenters. The summed E-state index contributed by atoms with van der Waals surface area (Å²) < 4.78 is 0. The topological polar surface area (TPSA) is 49.4 Å². The monoisotopic (exact) mass is 340 g/mol. The fourth-order valence-corrected chi connectivity index (χ4v) is 4.19. The van der Waals surface area contributed by atoms with E-state index in [9.17, 15) is 9.59 Å². The van der Waals surface area contributed by atoms with Gasteiger partial charge in [0, 0.05) is 19.2 Å². The van der Waals surface area contributed by atoms with Crippen LogP contribution in [0.15, 0.2) is 30.9 Å². The first kappa shape index (κ1) is 17.7. The predicted octanol–water partition coefficient (Wildman–Crippen LogP) is 3.46. The Labute approximate surface area is 150 Å². The molecule has 0 spiro atoms. The number of benzene rings is 1. The highest BCUT2D eigenvalue weighted by atomic mass is 16.2. The Morgan fingerprint density at radius 3 is 2.84 bits per heavy atom. The van der Waals surface area contributed by atoms with Crippen molar-refractivity contribution in [3.63, 3.8) is 0 Å². The molecule has 1 N–H and O–H groups in total. The van der Waals surface area contributed by atoms with Gasteiger partial charge in [-0.2, -0.15) is 0 Å². The third kappa shape index (κ3) is 3.78. The second kappa shape index (κ2) is 7.85. The lowest BCUT2D eigenvalue weighted by molar-refractivity contribution is -0.125. The van der Waals surface area contributed by atoms with Gasteiger partial charge in [0.2, 0.25) is 5.91 Å². The molecule has 0 bridgehead atoms. The third-order valence-electron chi connectivity index (χ3n) is 5.57. The number of hydrogen-bond donors (Lipinski definition) is 1. The number of amides is 2. The van der Waals surface area contributed by atoms with Crippen molar-refractivity contribution in [2.45, 2.75) is 57.5 Å². The summed E-state index contributed by atoms with van der Waals surface area (Å²) in [6.07, 6.45) is 9.56. The van der Waals surface area contributed by atoms with Crippen LogP contribution in [0.1, 0.15) is 60.0 Å². The fourth-order valence-electron chi connectivity index (χ4n) is 4.19. The van der Waals surface area contributed by atoms with Crippen LogP contribution >= 0.6 is 0 Å². The number of nitrogens with one attached hydrogen (secondary N) is 1. The molecular formula is C21H28N2O2. The minimum atomic E-state index is -0.429. The van der Waals surface area contributed by atoms with Crippen molar-refractivity contribution in [1.82, 2.24) is 10.2 Å². The van der Waals surface area contributed by atoms with Crippen LogP contribution in [0.3, 0.4) is 0 Å². The zero-order valence-corrected chi connectivity index (χ0v) is 15.1. The number of hydrogen-bond acceptors (Lipinski definition) is 2. The highest BCUT2D eigenvalue weighted by Crippen LogP contribution is 2.31. The van der Waals surface area contributed by atoms with E-state index in [2.05, 4.69) is 24.0 Å². The predicted molar refractivity (Wildman–Crippen MR) is 99.3 cm³/mol. The molecule has 0 aromatic heterocycles. The number of allylic oxidation sites excluding steroid dienone is 1. The summed E-state index contributed by atoms with van der Waals surface area (Å²) in [5.74, 6) is 0.659. The molecule has 2 aliphatic rings. The maximum absolute atomic E-state index is 12.8. The molecule has 1 unspecified atom stereocenters. The van der Waals surface area contributed by atoms with Crippen molar-refractivity contribution < 1.29 is 9.59 Å². The number of fused-ring (bicyclic) bond motifs is 1. The van der Waals surface area contributed by atoms with E-state index >= 15 is 0 Å². The number of rotatable bonds is 7. The molecular weight excluding hydrogens is 312 g/mol. The van der Waals surface area contributed by atoms with Crippen molar-refractivity contribution >= 4 is 11.8 Å². The average Bonchev–Trinajstić information content (AvgIpc) is 3.23. The van der Waals surface area contributed by atoms with Gasteiger partial charge in [-0.25, -0.2) is 0 Å². The lowest BCUT2D eigenvalue weighted by Crippen LogP contribution is -2.46. The van der Waals surface area contributed by atoms with Gasteiger partial charge in [0.15, 0.2) is 0 Å². The van der Waals surface area contributed by atoms with Gasteiger partial charge < -0.3 is 10.2 Å². The van der Waals surface area contributed by atoms with Gasteiger partial charge in [0.1, 0.15) is 6.04 Å². The van der Waals surface area contributed by atoms with Crippen LogP contribution in [-0.2, 0) is 17.8 Å². The van der Waals surface area contributed by atoms with E-state index in [1.165, 1.54) is 31.2 Å². The summed E-state index contributed by atoms with van der Waals surface area (Å²) in [6.45, 7) is 4.26. The second-order valence-electron chi connectivity index (χ2n) is 7.28. The van der Waals surface area contributed by atoms with E-state index in [1.807, 2.05) is 6.07 Å². The first-order valence-corrected chi connectivity index (χ1v) is 9.39. The van der Waals surface area contributed by atoms with Crippen LogP contribution in [0.25, 0.3) is 0 Å². The van der Waals surface area contributed by atoms with E-state index in [-0.39, 0.29) is 11.8 Å². The Bertz CT molecular complexity index is 662. The van der Waals surface area contributed by atoms with E-state index in [0.29, 0.717) is 19.4 Å². The lowest BCUT2D eigenvalue weighted by atomic mass is 9.95. The molecule has 1 fully saturated rings. The van der Waals surface area contributed by atoms with Gasteiger partial charge in [0.05, 0.1) is 0 Å². The summed E-state index contributed by atoms with van der Waals surface area (Å²) in [5.41, 5.74) is 3.14. The zero-order chi connectivity index (χ0) is 17.8. The van der Waals surface area contributed by atoms with Crippen molar-refractivity contribution in [3.05, 3.63) is 47.5 Å². The highest BCUT2D eigenvalue weighted by molar-refractivity contribution is 6.01. The number of carbonyl (C=O) groups is 2. The number of nitrogens with zero attached hydrogens (tertiary/aromatic N) is 1. The Hall–Kier alpha value is -2.10. The normalized spacial score (nSPS) is 18.3. The van der Waals surface area contributed by atoms with Crippen LogP contribution in [0.2, 0.25) is 0 Å². The summed E-state index contributed by atoms with van der Waals surface area (Å²) in [4.78, 5) is 26.8. The van der Waals surface area contributed by atoms with Crippen LogP contribution in [-0.4, -0.2) is 29.8 Å². The molecule has 1 saturated carbocycles. The van der Waals surface area contributed by atoms with Crippen LogP contribution in [0, 0.1) is 5.92 Å². The summed E-state index contributed by atoms with van der Waals surface area (Å²) in [5, 5.41) is 2.69. The molecule has 4 heteroatoms. The first-order valence-electron chi connectivity index (χ1n) is 9.39. The van der Waals surface area contributed by atoms with Gasteiger partial charge in [-0.1, -0.05) is 43.9 Å². The minimum Gasteiger partial charge on any atom is -0.357 e. The molecule has 1 heterocycles. The maximum atomic E-state index is 12.8. The quantitative estimate of drug-likeness (QED) is 0.773. The standard InChI is InChI=1S/C21H28N2O2/c1-3-4-9-19(20(24)22-2)23-14-17-13-16(10-11-18(17)21(23)25)12-15-7-5-6-8-15/h3,10-11,13,15,19H,1,4-9,12,14H2,2H3,(H,22,24). The summed E-state index contributed by atoms with van der Waals surface area (Å²) in [7, 11) is 1.62. The van der Waals surface area contributed by atoms with Crippen molar-refractivity contribution in [2.75, 3.05) is 7.05 Å². The van der Waals surface area contributed by atoms with Crippen LogP contribution < -0.4 is 5.32 Å². The third-order valence-corrected chi connectivity index (χ3v) is 5.57. The second-order valence-corrected chi connectivity index (χ2v) is 7.28. The Morgan fingerprint density at radius 2 is 2.16 bits per heavy atom. The van der Waals surface area contributed by atoms with Gasteiger partial charge in [-0.05, 0) is 42.4 Å². The van der Waals surface area contributed by atoms with Crippen LogP contribution in [0.4, 0.5) is 0 Å². The van der Waals surface area contributed by atoms with Gasteiger partial charge in [0.25, 0.3) is 5.91 Å². The Kier molecular flexibility index (Phi) is 5.57. The SMILES string of the molecule is C=CCCC(C(=O)NC)N1Cc2cc(CC3CCCC3)ccc2C1=O. The van der Waals surface area contributed by atoms with E-state index in [4.69, 9.17) is 0 Å². The van der Waals surface area contributed by atoms with Gasteiger partial charge in [-0.15, -0.1) is 6.58 Å². The Balaban J connectivity index is 1.76. The summed E-state index contributed by atoms with van der Waals surface area (Å²) in [6, 6.07) is 5.80. The van der Waals surface area contributed by atoms with Crippen LogP contribution in [0.5, 0.6) is 0 Å². The largest absolute Gasteiger partial charge is 0.357 e. The van der Waals surface area contributed by atoms with Gasteiger partial charge in [-0.3, -0.25) is 9.59 Å². The van der Waals surface area contributed by atoms with Gasteiger partial charge >= 0.3 is 0 Å². The minimum absolute atomic E-state index is 0.0277. The van der Waals surface area contributed by atoms with Crippen molar-refractivity contribution in [3.8, 4) is 0 Å². The molecule has 1 aromatic carbocycles. The molecule has 0 saturated heterocycles. The first-order chi connectivity index (χ1) is 12.1. The fraction of sp³-hybridized carbons (Fsp3) is 0.524. The number of carbonyl (C=O) groups excluding carboxylic acids is 2. The molecule has 1 aliphatic carbocycles. The molecule has 4 nitrogen and oxygen atoms in total. The van der Waals surface area contributed by atoms with Crippen molar-refractivity contribution in [1.29, 1.82) is 0 Å². The molecule has 134 valence electrons. The molecule has 1 aromatic rings. The zero-order valence-electron chi connectivity index (χ0n) is 15.1. The summed E-state index contributed by atoms with van der Waals surface area (Å²) >= 11 is 0.